The molecule has 0 spiro atoms. The summed E-state index contributed by atoms with van der Waals surface area (Å²) in [5, 5.41) is 10.3. The number of rotatable bonds is 34. The summed E-state index contributed by atoms with van der Waals surface area (Å²) in [6.07, 6.45) is 42.5. The van der Waals surface area contributed by atoms with E-state index in [1.54, 1.807) is 0 Å². The maximum Gasteiger partial charge on any atom is 0.0540 e. The van der Waals surface area contributed by atoms with Crippen molar-refractivity contribution < 1.29 is 9.84 Å². The molecule has 0 heterocycles. The largest absolute Gasteiger partial charge is 0.393 e. The van der Waals surface area contributed by atoms with Gasteiger partial charge in [0.25, 0.3) is 0 Å². The van der Waals surface area contributed by atoms with Gasteiger partial charge in [0, 0.05) is 13.2 Å². The molecule has 0 radical (unpaired) electrons. The lowest BCUT2D eigenvalue weighted by molar-refractivity contribution is 0.143. The van der Waals surface area contributed by atoms with Gasteiger partial charge in [-0.25, -0.2) is 0 Å². The Balaban J connectivity index is 3.13. The van der Waals surface area contributed by atoms with Crippen LogP contribution in [0.2, 0.25) is 0 Å². The summed E-state index contributed by atoms with van der Waals surface area (Å²) in [6, 6.07) is 0. The van der Waals surface area contributed by atoms with Crippen LogP contribution in [0.1, 0.15) is 213 Å². The van der Waals surface area contributed by atoms with Crippen LogP contribution in [0.5, 0.6) is 0 Å². The van der Waals surface area contributed by atoms with Gasteiger partial charge in [0.05, 0.1) is 6.10 Å². The minimum absolute atomic E-state index is 0.0401. The summed E-state index contributed by atoms with van der Waals surface area (Å²) < 4.78 is 5.39. The predicted molar refractivity (Wildman–Crippen MR) is 171 cm³/mol. The lowest BCUT2D eigenvalue weighted by Gasteiger charge is -2.10. The van der Waals surface area contributed by atoms with Crippen molar-refractivity contribution in [2.75, 3.05) is 13.2 Å². The Bertz CT molecular complexity index is 397. The standard InChI is InChI=1S/C36H74O2/c1-3-5-6-7-8-9-10-11-12-15-18-21-24-27-30-33-36(37)34-31-28-25-22-19-16-13-14-17-20-23-26-29-32-35-38-4-2/h36-37H,3-35H2,1-2H3. The zero-order chi connectivity index (χ0) is 27.6. The highest BCUT2D eigenvalue weighted by atomic mass is 16.5. The number of hydrogen-bond acceptors (Lipinski definition) is 2. The van der Waals surface area contributed by atoms with Crippen LogP contribution < -0.4 is 0 Å². The first-order valence-corrected chi connectivity index (χ1v) is 18.1. The second-order valence-corrected chi connectivity index (χ2v) is 12.3. The monoisotopic (exact) mass is 539 g/mol. The fourth-order valence-electron chi connectivity index (χ4n) is 5.75. The van der Waals surface area contributed by atoms with Crippen LogP contribution in [0.3, 0.4) is 0 Å². The Kier molecular flexibility index (Phi) is 34.9. The van der Waals surface area contributed by atoms with Crippen molar-refractivity contribution in [2.45, 2.75) is 219 Å². The lowest BCUT2D eigenvalue weighted by atomic mass is 10.0. The molecular formula is C36H74O2. The second-order valence-electron chi connectivity index (χ2n) is 12.3. The van der Waals surface area contributed by atoms with E-state index in [1.807, 2.05) is 0 Å². The van der Waals surface area contributed by atoms with Crippen LogP contribution >= 0.6 is 0 Å². The van der Waals surface area contributed by atoms with Gasteiger partial charge in [-0.3, -0.25) is 0 Å². The summed E-state index contributed by atoms with van der Waals surface area (Å²) >= 11 is 0. The summed E-state index contributed by atoms with van der Waals surface area (Å²) in [6.45, 7) is 6.19. The van der Waals surface area contributed by atoms with Crippen LogP contribution in [0.4, 0.5) is 0 Å². The Labute approximate surface area is 241 Å². The van der Waals surface area contributed by atoms with Crippen molar-refractivity contribution in [3.05, 3.63) is 0 Å². The van der Waals surface area contributed by atoms with E-state index >= 15 is 0 Å². The van der Waals surface area contributed by atoms with Gasteiger partial charge in [-0.05, 0) is 26.2 Å². The highest BCUT2D eigenvalue weighted by molar-refractivity contribution is 4.58. The van der Waals surface area contributed by atoms with E-state index in [0.717, 1.165) is 26.1 Å². The van der Waals surface area contributed by atoms with E-state index in [0.29, 0.717) is 0 Å². The molecule has 1 N–H and O–H groups in total. The molecule has 0 aliphatic carbocycles. The van der Waals surface area contributed by atoms with Crippen molar-refractivity contribution >= 4 is 0 Å². The molecule has 1 unspecified atom stereocenters. The molecule has 2 heteroatoms. The molecule has 0 saturated carbocycles. The number of hydrogen-bond donors (Lipinski definition) is 1. The fourth-order valence-corrected chi connectivity index (χ4v) is 5.75. The Hall–Kier alpha value is -0.0800. The van der Waals surface area contributed by atoms with Gasteiger partial charge < -0.3 is 9.84 Å². The molecule has 0 aromatic rings. The predicted octanol–water partition coefficient (Wildman–Crippen LogP) is 12.5. The van der Waals surface area contributed by atoms with Crippen molar-refractivity contribution in [2.24, 2.45) is 0 Å². The summed E-state index contributed by atoms with van der Waals surface area (Å²) in [5.74, 6) is 0. The van der Waals surface area contributed by atoms with Crippen molar-refractivity contribution in [3.63, 3.8) is 0 Å². The van der Waals surface area contributed by atoms with Crippen molar-refractivity contribution in [1.29, 1.82) is 0 Å². The average molecular weight is 539 g/mol. The van der Waals surface area contributed by atoms with E-state index < -0.39 is 0 Å². The molecule has 0 fully saturated rings. The van der Waals surface area contributed by atoms with E-state index in [4.69, 9.17) is 4.74 Å². The molecular weight excluding hydrogens is 464 g/mol. The quantitative estimate of drug-likeness (QED) is 0.0825. The summed E-state index contributed by atoms with van der Waals surface area (Å²) in [5.41, 5.74) is 0. The Morgan fingerprint density at radius 3 is 0.921 bits per heavy atom. The molecule has 38 heavy (non-hydrogen) atoms. The molecule has 0 aliphatic heterocycles. The highest BCUT2D eigenvalue weighted by Crippen LogP contribution is 2.17. The molecule has 1 atom stereocenters. The van der Waals surface area contributed by atoms with Gasteiger partial charge in [-0.15, -0.1) is 0 Å². The third-order valence-electron chi connectivity index (χ3n) is 8.42. The third kappa shape index (κ3) is 33.9. The Morgan fingerprint density at radius 2 is 0.632 bits per heavy atom. The van der Waals surface area contributed by atoms with Crippen molar-refractivity contribution in [1.82, 2.24) is 0 Å². The second kappa shape index (κ2) is 34.9. The first-order valence-electron chi connectivity index (χ1n) is 18.1. The number of aliphatic hydroxyl groups excluding tert-OH is 1. The number of ether oxygens (including phenoxy) is 1. The normalized spacial score (nSPS) is 12.4. The number of unbranched alkanes of at least 4 members (excludes halogenated alkanes) is 27. The molecule has 230 valence electrons. The molecule has 0 rings (SSSR count). The van der Waals surface area contributed by atoms with Gasteiger partial charge in [-0.2, -0.15) is 0 Å². The van der Waals surface area contributed by atoms with Gasteiger partial charge in [0.15, 0.2) is 0 Å². The summed E-state index contributed by atoms with van der Waals surface area (Å²) in [7, 11) is 0. The van der Waals surface area contributed by atoms with Crippen LogP contribution in [0.15, 0.2) is 0 Å². The maximum atomic E-state index is 10.3. The lowest BCUT2D eigenvalue weighted by Crippen LogP contribution is -2.05. The zero-order valence-corrected chi connectivity index (χ0v) is 26.8. The molecule has 0 aromatic carbocycles. The Morgan fingerprint density at radius 1 is 0.368 bits per heavy atom. The average Bonchev–Trinajstić information content (AvgIpc) is 2.92. The first kappa shape index (κ1) is 37.9. The smallest absolute Gasteiger partial charge is 0.0540 e. The van der Waals surface area contributed by atoms with Crippen LogP contribution in [-0.2, 0) is 4.74 Å². The maximum absolute atomic E-state index is 10.3. The van der Waals surface area contributed by atoms with E-state index in [9.17, 15) is 5.11 Å². The third-order valence-corrected chi connectivity index (χ3v) is 8.42. The van der Waals surface area contributed by atoms with Gasteiger partial charge in [0.2, 0.25) is 0 Å². The first-order chi connectivity index (χ1) is 18.8. The molecule has 2 nitrogen and oxygen atoms in total. The topological polar surface area (TPSA) is 29.5 Å². The minimum Gasteiger partial charge on any atom is -0.393 e. The fraction of sp³-hybridized carbons (Fsp3) is 1.00. The molecule has 0 aromatic heterocycles. The van der Waals surface area contributed by atoms with Gasteiger partial charge in [-0.1, -0.05) is 187 Å². The molecule has 0 saturated heterocycles. The van der Waals surface area contributed by atoms with E-state index in [1.165, 1.54) is 186 Å². The van der Waals surface area contributed by atoms with Crippen molar-refractivity contribution in [3.8, 4) is 0 Å². The minimum atomic E-state index is -0.0401. The molecule has 0 aliphatic rings. The SMILES string of the molecule is CCCCCCCCCCCCCCCCCC(O)CCCCCCCCCCCCCCCCOCC. The summed E-state index contributed by atoms with van der Waals surface area (Å²) in [4.78, 5) is 0. The highest BCUT2D eigenvalue weighted by Gasteiger charge is 2.04. The van der Waals surface area contributed by atoms with Gasteiger partial charge in [0.1, 0.15) is 0 Å². The van der Waals surface area contributed by atoms with E-state index in [2.05, 4.69) is 13.8 Å². The van der Waals surface area contributed by atoms with Crippen LogP contribution in [0.25, 0.3) is 0 Å². The van der Waals surface area contributed by atoms with Crippen LogP contribution in [-0.4, -0.2) is 24.4 Å². The van der Waals surface area contributed by atoms with Crippen LogP contribution in [0, 0.1) is 0 Å². The zero-order valence-electron chi connectivity index (χ0n) is 26.8. The number of aliphatic hydroxyl groups is 1. The molecule has 0 bridgehead atoms. The van der Waals surface area contributed by atoms with E-state index in [-0.39, 0.29) is 6.10 Å². The molecule has 0 amide bonds. The van der Waals surface area contributed by atoms with Gasteiger partial charge >= 0.3 is 0 Å².